The fourth-order valence-corrected chi connectivity index (χ4v) is 2.84. The summed E-state index contributed by atoms with van der Waals surface area (Å²) in [5.74, 6) is 1.08. The third-order valence-electron chi connectivity index (χ3n) is 3.75. The first kappa shape index (κ1) is 13.1. The van der Waals surface area contributed by atoms with Crippen LogP contribution >= 0.6 is 0 Å². The topological polar surface area (TPSA) is 45.5 Å². The first-order chi connectivity index (χ1) is 8.68. The van der Waals surface area contributed by atoms with Crippen molar-refractivity contribution in [1.82, 2.24) is 10.2 Å². The summed E-state index contributed by atoms with van der Waals surface area (Å²) in [6.07, 6.45) is 4.60. The normalized spacial score (nSPS) is 23.2. The molecular weight excluding hydrogens is 228 g/mol. The summed E-state index contributed by atoms with van der Waals surface area (Å²) in [4.78, 5) is 14.4. The van der Waals surface area contributed by atoms with Crippen LogP contribution in [0, 0.1) is 5.41 Å². The van der Waals surface area contributed by atoms with Gasteiger partial charge in [0, 0.05) is 13.6 Å². The summed E-state index contributed by atoms with van der Waals surface area (Å²) in [7, 11) is 1.86. The van der Waals surface area contributed by atoms with E-state index < -0.39 is 0 Å². The lowest BCUT2D eigenvalue weighted by Crippen LogP contribution is -2.43. The van der Waals surface area contributed by atoms with Crippen LogP contribution in [0.2, 0.25) is 0 Å². The van der Waals surface area contributed by atoms with Gasteiger partial charge in [0.25, 0.3) is 0 Å². The maximum Gasteiger partial charge on any atom is 0.230 e. The molecule has 1 aromatic heterocycles. The summed E-state index contributed by atoms with van der Waals surface area (Å²) in [6, 6.07) is 3.76. The molecule has 1 aliphatic rings. The molecule has 1 aromatic rings. The van der Waals surface area contributed by atoms with Crippen molar-refractivity contribution in [3.05, 3.63) is 24.2 Å². The van der Waals surface area contributed by atoms with Gasteiger partial charge in [-0.3, -0.25) is 4.79 Å². The molecule has 1 N–H and O–H groups in total. The Morgan fingerprint density at radius 3 is 3.00 bits per heavy atom. The zero-order valence-corrected chi connectivity index (χ0v) is 11.2. The van der Waals surface area contributed by atoms with E-state index in [0.717, 1.165) is 38.1 Å². The van der Waals surface area contributed by atoms with E-state index in [0.29, 0.717) is 6.54 Å². The van der Waals surface area contributed by atoms with Crippen LogP contribution in [0.4, 0.5) is 0 Å². The predicted molar refractivity (Wildman–Crippen MR) is 70.0 cm³/mol. The lowest BCUT2D eigenvalue weighted by molar-refractivity contribution is -0.141. The van der Waals surface area contributed by atoms with Crippen LogP contribution in [-0.2, 0) is 11.3 Å². The highest BCUT2D eigenvalue weighted by Gasteiger charge is 2.41. The van der Waals surface area contributed by atoms with E-state index in [4.69, 9.17) is 4.42 Å². The Labute approximate surface area is 108 Å². The Morgan fingerprint density at radius 2 is 2.44 bits per heavy atom. The summed E-state index contributed by atoms with van der Waals surface area (Å²) in [5, 5.41) is 3.32. The Morgan fingerprint density at radius 1 is 1.61 bits per heavy atom. The van der Waals surface area contributed by atoms with Crippen molar-refractivity contribution < 1.29 is 9.21 Å². The number of hydrogen-bond acceptors (Lipinski definition) is 3. The molecular formula is C14H22N2O2. The van der Waals surface area contributed by atoms with Crippen LogP contribution in [0.3, 0.4) is 0 Å². The highest BCUT2D eigenvalue weighted by molar-refractivity contribution is 5.83. The van der Waals surface area contributed by atoms with Gasteiger partial charge < -0.3 is 14.6 Å². The molecule has 1 aliphatic heterocycles. The lowest BCUT2D eigenvalue weighted by atomic mass is 9.81. The Hall–Kier alpha value is -1.29. The van der Waals surface area contributed by atoms with Crippen molar-refractivity contribution >= 4 is 5.91 Å². The predicted octanol–water partition coefficient (Wildman–Crippen LogP) is 2.02. The van der Waals surface area contributed by atoms with Gasteiger partial charge in [0.15, 0.2) is 0 Å². The Balaban J connectivity index is 2.04. The minimum atomic E-state index is -0.198. The number of hydrogen-bond donors (Lipinski definition) is 1. The zero-order valence-electron chi connectivity index (χ0n) is 11.2. The van der Waals surface area contributed by atoms with Gasteiger partial charge in [0.2, 0.25) is 5.91 Å². The van der Waals surface area contributed by atoms with E-state index >= 15 is 0 Å². The number of amides is 1. The molecule has 0 bridgehead atoms. The van der Waals surface area contributed by atoms with Gasteiger partial charge in [0.05, 0.1) is 18.2 Å². The second-order valence-electron chi connectivity index (χ2n) is 5.20. The van der Waals surface area contributed by atoms with E-state index in [2.05, 4.69) is 12.2 Å². The van der Waals surface area contributed by atoms with Gasteiger partial charge in [-0.15, -0.1) is 0 Å². The second-order valence-corrected chi connectivity index (χ2v) is 5.20. The lowest BCUT2D eigenvalue weighted by Gasteiger charge is -2.31. The number of rotatable bonds is 5. The van der Waals surface area contributed by atoms with Gasteiger partial charge in [-0.25, -0.2) is 0 Å². The first-order valence-corrected chi connectivity index (χ1v) is 6.66. The summed E-state index contributed by atoms with van der Waals surface area (Å²) in [6.45, 7) is 4.44. The van der Waals surface area contributed by atoms with E-state index in [-0.39, 0.29) is 11.3 Å². The van der Waals surface area contributed by atoms with Crippen molar-refractivity contribution in [2.24, 2.45) is 5.41 Å². The standard InChI is InChI=1S/C14H22N2O2/c1-3-6-14(7-8-15-11-14)13(17)16(2)10-12-5-4-9-18-12/h4-5,9,15H,3,6-8,10-11H2,1-2H3. The van der Waals surface area contributed by atoms with Crippen LogP contribution < -0.4 is 5.32 Å². The number of nitrogens with one attached hydrogen (secondary N) is 1. The number of furan rings is 1. The molecule has 1 saturated heterocycles. The monoisotopic (exact) mass is 250 g/mol. The van der Waals surface area contributed by atoms with Gasteiger partial charge in [0.1, 0.15) is 5.76 Å². The Kier molecular flexibility index (Phi) is 4.07. The smallest absolute Gasteiger partial charge is 0.230 e. The fourth-order valence-electron chi connectivity index (χ4n) is 2.84. The molecule has 1 fully saturated rings. The van der Waals surface area contributed by atoms with Gasteiger partial charge in [-0.05, 0) is 31.5 Å². The molecule has 1 atom stereocenters. The number of nitrogens with zero attached hydrogens (tertiary/aromatic N) is 1. The van der Waals surface area contributed by atoms with E-state index in [1.54, 1.807) is 11.2 Å². The molecule has 4 nitrogen and oxygen atoms in total. The molecule has 1 amide bonds. The van der Waals surface area contributed by atoms with Crippen LogP contribution in [0.25, 0.3) is 0 Å². The number of carbonyl (C=O) groups excluding carboxylic acids is 1. The highest BCUT2D eigenvalue weighted by atomic mass is 16.3. The Bertz CT molecular complexity index is 381. The largest absolute Gasteiger partial charge is 0.467 e. The molecule has 0 spiro atoms. The maximum absolute atomic E-state index is 12.6. The molecule has 0 aromatic carbocycles. The van der Waals surface area contributed by atoms with Gasteiger partial charge >= 0.3 is 0 Å². The maximum atomic E-state index is 12.6. The van der Waals surface area contributed by atoms with Crippen molar-refractivity contribution in [3.8, 4) is 0 Å². The quantitative estimate of drug-likeness (QED) is 0.869. The van der Waals surface area contributed by atoms with Crippen LogP contribution in [0.5, 0.6) is 0 Å². The molecule has 100 valence electrons. The third-order valence-corrected chi connectivity index (χ3v) is 3.75. The van der Waals surface area contributed by atoms with Crippen molar-refractivity contribution in [1.29, 1.82) is 0 Å². The zero-order chi connectivity index (χ0) is 13.0. The summed E-state index contributed by atoms with van der Waals surface area (Å²) in [5.41, 5.74) is -0.198. The van der Waals surface area contributed by atoms with E-state index in [1.165, 1.54) is 0 Å². The summed E-state index contributed by atoms with van der Waals surface area (Å²) < 4.78 is 5.30. The van der Waals surface area contributed by atoms with Crippen molar-refractivity contribution in [3.63, 3.8) is 0 Å². The van der Waals surface area contributed by atoms with Gasteiger partial charge in [-0.1, -0.05) is 13.3 Å². The minimum Gasteiger partial charge on any atom is -0.467 e. The SMILES string of the molecule is CCCC1(C(=O)N(C)Cc2ccco2)CCNC1. The number of carbonyl (C=O) groups is 1. The molecule has 18 heavy (non-hydrogen) atoms. The van der Waals surface area contributed by atoms with E-state index in [9.17, 15) is 4.79 Å². The fraction of sp³-hybridized carbons (Fsp3) is 0.643. The highest BCUT2D eigenvalue weighted by Crippen LogP contribution is 2.33. The van der Waals surface area contributed by atoms with E-state index in [1.807, 2.05) is 19.2 Å². The molecule has 2 rings (SSSR count). The average molecular weight is 250 g/mol. The third kappa shape index (κ3) is 2.58. The first-order valence-electron chi connectivity index (χ1n) is 6.66. The van der Waals surface area contributed by atoms with Crippen LogP contribution in [0.15, 0.2) is 22.8 Å². The van der Waals surface area contributed by atoms with Crippen molar-refractivity contribution in [2.45, 2.75) is 32.7 Å². The van der Waals surface area contributed by atoms with Crippen LogP contribution in [-0.4, -0.2) is 30.9 Å². The van der Waals surface area contributed by atoms with Crippen LogP contribution in [0.1, 0.15) is 31.9 Å². The molecule has 0 saturated carbocycles. The average Bonchev–Trinajstić information content (AvgIpc) is 3.00. The molecule has 1 unspecified atom stereocenters. The second kappa shape index (κ2) is 5.57. The molecule has 2 heterocycles. The molecule has 0 radical (unpaired) electrons. The van der Waals surface area contributed by atoms with Gasteiger partial charge in [-0.2, -0.15) is 0 Å². The molecule has 4 heteroatoms. The van der Waals surface area contributed by atoms with Crippen molar-refractivity contribution in [2.75, 3.05) is 20.1 Å². The minimum absolute atomic E-state index is 0.198. The molecule has 0 aliphatic carbocycles. The summed E-state index contributed by atoms with van der Waals surface area (Å²) >= 11 is 0.